The summed E-state index contributed by atoms with van der Waals surface area (Å²) in [6.07, 6.45) is 1.70. The number of ether oxygens (including phenoxy) is 3. The lowest BCUT2D eigenvalue weighted by molar-refractivity contribution is 0.284. The minimum Gasteiger partial charge on any atom is -0.494 e. The van der Waals surface area contributed by atoms with Crippen molar-refractivity contribution in [1.82, 2.24) is 14.9 Å². The lowest BCUT2D eigenvalue weighted by atomic mass is 10.2. The molecule has 0 bridgehead atoms. The van der Waals surface area contributed by atoms with E-state index in [1.54, 1.807) is 18.0 Å². The van der Waals surface area contributed by atoms with Crippen LogP contribution >= 0.6 is 12.2 Å². The number of hydrogen-bond donors (Lipinski definition) is 1. The highest BCUT2D eigenvalue weighted by Crippen LogP contribution is 2.28. The van der Waals surface area contributed by atoms with Gasteiger partial charge in [-0.1, -0.05) is 42.5 Å². The van der Waals surface area contributed by atoms with Crippen LogP contribution in [0.5, 0.6) is 17.2 Å². The van der Waals surface area contributed by atoms with Gasteiger partial charge in [-0.2, -0.15) is 14.9 Å². The first-order chi connectivity index (χ1) is 16.2. The number of hydrogen-bond acceptors (Lipinski definition) is 6. The van der Waals surface area contributed by atoms with E-state index in [9.17, 15) is 0 Å². The molecule has 33 heavy (non-hydrogen) atoms. The molecule has 0 aliphatic heterocycles. The SMILES string of the molecule is CCOc1cccc(-c2n[nH]c(=S)n2/N=C\c2ccc(OCc3ccccc3)c(OC)c2)c1. The van der Waals surface area contributed by atoms with Gasteiger partial charge < -0.3 is 14.2 Å². The van der Waals surface area contributed by atoms with E-state index in [2.05, 4.69) is 15.3 Å². The molecule has 4 aromatic rings. The van der Waals surface area contributed by atoms with Crippen molar-refractivity contribution in [1.29, 1.82) is 0 Å². The molecule has 0 saturated heterocycles. The number of nitrogens with one attached hydrogen (secondary N) is 1. The molecule has 4 rings (SSSR count). The summed E-state index contributed by atoms with van der Waals surface area (Å²) < 4.78 is 19.0. The average molecular weight is 461 g/mol. The fraction of sp³-hybridized carbons (Fsp3) is 0.160. The Morgan fingerprint density at radius 1 is 1.00 bits per heavy atom. The first-order valence-electron chi connectivity index (χ1n) is 10.5. The predicted molar refractivity (Wildman–Crippen MR) is 131 cm³/mol. The number of aromatic nitrogens is 3. The first-order valence-corrected chi connectivity index (χ1v) is 10.9. The fourth-order valence-corrected chi connectivity index (χ4v) is 3.40. The minimum atomic E-state index is 0.387. The first kappa shape index (κ1) is 22.3. The van der Waals surface area contributed by atoms with E-state index in [0.29, 0.717) is 35.3 Å². The van der Waals surface area contributed by atoms with Crippen LogP contribution in [0.15, 0.2) is 77.9 Å². The molecule has 0 radical (unpaired) electrons. The lowest BCUT2D eigenvalue weighted by Gasteiger charge is -2.11. The van der Waals surface area contributed by atoms with Crippen molar-refractivity contribution in [3.05, 3.63) is 88.7 Å². The normalized spacial score (nSPS) is 11.0. The van der Waals surface area contributed by atoms with E-state index in [4.69, 9.17) is 26.4 Å². The number of methoxy groups -OCH3 is 1. The van der Waals surface area contributed by atoms with Gasteiger partial charge in [0.25, 0.3) is 0 Å². The number of benzene rings is 3. The summed E-state index contributed by atoms with van der Waals surface area (Å²) in [5.41, 5.74) is 2.75. The maximum absolute atomic E-state index is 5.93. The standard InChI is InChI=1S/C25H24N4O3S/c1-3-31-21-11-7-10-20(15-21)24-27-28-25(33)29(24)26-16-19-12-13-22(23(14-19)30-2)32-17-18-8-5-4-6-9-18/h4-16H,3,17H2,1-2H3,(H,28,33)/b26-16-. The van der Waals surface area contributed by atoms with Crippen molar-refractivity contribution < 1.29 is 14.2 Å². The highest BCUT2D eigenvalue weighted by molar-refractivity contribution is 7.71. The van der Waals surface area contributed by atoms with Gasteiger partial charge in [0.2, 0.25) is 4.77 Å². The van der Waals surface area contributed by atoms with Crippen LogP contribution in [-0.4, -0.2) is 34.8 Å². The van der Waals surface area contributed by atoms with Gasteiger partial charge >= 0.3 is 0 Å². The Morgan fingerprint density at radius 3 is 2.64 bits per heavy atom. The molecular formula is C25H24N4O3S. The second-order valence-corrected chi connectivity index (χ2v) is 7.44. The minimum absolute atomic E-state index is 0.387. The Balaban J connectivity index is 1.55. The summed E-state index contributed by atoms with van der Waals surface area (Å²) in [4.78, 5) is 0. The molecule has 3 aromatic carbocycles. The maximum atomic E-state index is 5.93. The van der Waals surface area contributed by atoms with Gasteiger partial charge in [-0.05, 0) is 60.6 Å². The van der Waals surface area contributed by atoms with Crippen molar-refractivity contribution in [2.75, 3.05) is 13.7 Å². The van der Waals surface area contributed by atoms with Crippen molar-refractivity contribution in [3.63, 3.8) is 0 Å². The Hall–Kier alpha value is -3.91. The Morgan fingerprint density at radius 2 is 1.85 bits per heavy atom. The van der Waals surface area contributed by atoms with E-state index in [1.165, 1.54) is 0 Å². The van der Waals surface area contributed by atoms with E-state index >= 15 is 0 Å². The smallest absolute Gasteiger partial charge is 0.216 e. The Bertz CT molecular complexity index is 1300. The molecule has 168 valence electrons. The van der Waals surface area contributed by atoms with Crippen LogP contribution < -0.4 is 14.2 Å². The largest absolute Gasteiger partial charge is 0.494 e. The zero-order chi connectivity index (χ0) is 23.0. The predicted octanol–water partition coefficient (Wildman–Crippen LogP) is 5.48. The zero-order valence-corrected chi connectivity index (χ0v) is 19.2. The fourth-order valence-electron chi connectivity index (χ4n) is 3.22. The summed E-state index contributed by atoms with van der Waals surface area (Å²) in [6, 6.07) is 23.3. The van der Waals surface area contributed by atoms with Crippen LogP contribution in [0.4, 0.5) is 0 Å². The van der Waals surface area contributed by atoms with Gasteiger partial charge in [0, 0.05) is 5.56 Å². The molecule has 7 nitrogen and oxygen atoms in total. The molecule has 0 unspecified atom stereocenters. The Kier molecular flexibility index (Phi) is 7.16. The highest BCUT2D eigenvalue weighted by atomic mass is 32.1. The topological polar surface area (TPSA) is 73.7 Å². The van der Waals surface area contributed by atoms with E-state index in [-0.39, 0.29) is 0 Å². The molecular weight excluding hydrogens is 436 g/mol. The van der Waals surface area contributed by atoms with Gasteiger partial charge in [0.15, 0.2) is 17.3 Å². The summed E-state index contributed by atoms with van der Waals surface area (Å²) in [6.45, 7) is 2.99. The van der Waals surface area contributed by atoms with E-state index in [1.807, 2.05) is 79.7 Å². The average Bonchev–Trinajstić information content (AvgIpc) is 3.23. The maximum Gasteiger partial charge on any atom is 0.216 e. The molecule has 0 amide bonds. The van der Waals surface area contributed by atoms with E-state index < -0.39 is 0 Å². The van der Waals surface area contributed by atoms with Crippen molar-refractivity contribution in [2.24, 2.45) is 5.10 Å². The number of H-pyrrole nitrogens is 1. The van der Waals surface area contributed by atoms with Crippen LogP contribution in [0.1, 0.15) is 18.1 Å². The second kappa shape index (κ2) is 10.6. The molecule has 0 atom stereocenters. The van der Waals surface area contributed by atoms with Gasteiger partial charge in [-0.25, -0.2) is 5.10 Å². The third kappa shape index (κ3) is 5.48. The summed E-state index contributed by atoms with van der Waals surface area (Å²) in [5.74, 6) is 2.63. The lowest BCUT2D eigenvalue weighted by Crippen LogP contribution is -1.99. The molecule has 0 spiro atoms. The Labute approximate surface area is 197 Å². The summed E-state index contributed by atoms with van der Waals surface area (Å²) in [7, 11) is 1.61. The monoisotopic (exact) mass is 460 g/mol. The van der Waals surface area contributed by atoms with Gasteiger partial charge in [0.1, 0.15) is 12.4 Å². The quantitative estimate of drug-likeness (QED) is 0.265. The van der Waals surface area contributed by atoms with E-state index in [0.717, 1.165) is 22.4 Å². The van der Waals surface area contributed by atoms with Crippen molar-refractivity contribution in [2.45, 2.75) is 13.5 Å². The van der Waals surface area contributed by atoms with Crippen LogP contribution in [0.3, 0.4) is 0 Å². The van der Waals surface area contributed by atoms with Crippen LogP contribution in [0.2, 0.25) is 0 Å². The molecule has 0 saturated carbocycles. The van der Waals surface area contributed by atoms with Crippen LogP contribution in [0.25, 0.3) is 11.4 Å². The molecule has 1 heterocycles. The van der Waals surface area contributed by atoms with Crippen molar-refractivity contribution in [3.8, 4) is 28.6 Å². The zero-order valence-electron chi connectivity index (χ0n) is 18.4. The molecule has 1 N–H and O–H groups in total. The molecule has 0 aliphatic carbocycles. The second-order valence-electron chi connectivity index (χ2n) is 7.05. The molecule has 0 fully saturated rings. The van der Waals surface area contributed by atoms with Crippen LogP contribution in [-0.2, 0) is 6.61 Å². The summed E-state index contributed by atoms with van der Waals surface area (Å²) in [5, 5.41) is 11.7. The van der Waals surface area contributed by atoms with Gasteiger partial charge in [-0.15, -0.1) is 0 Å². The molecule has 0 aliphatic rings. The van der Waals surface area contributed by atoms with Gasteiger partial charge in [-0.3, -0.25) is 0 Å². The molecule has 8 heteroatoms. The van der Waals surface area contributed by atoms with Crippen LogP contribution in [0, 0.1) is 4.77 Å². The number of rotatable bonds is 9. The summed E-state index contributed by atoms with van der Waals surface area (Å²) >= 11 is 5.38. The third-order valence-electron chi connectivity index (χ3n) is 4.80. The number of aromatic amines is 1. The third-order valence-corrected chi connectivity index (χ3v) is 5.07. The highest BCUT2D eigenvalue weighted by Gasteiger charge is 2.10. The molecule has 1 aromatic heterocycles. The van der Waals surface area contributed by atoms with Crippen molar-refractivity contribution >= 4 is 18.4 Å². The number of nitrogens with zero attached hydrogens (tertiary/aromatic N) is 3. The van der Waals surface area contributed by atoms with Gasteiger partial charge in [0.05, 0.1) is 19.9 Å².